The Morgan fingerprint density at radius 2 is 1.79 bits per heavy atom. The lowest BCUT2D eigenvalue weighted by atomic mass is 9.98. The SMILES string of the molecule is CCCS(=O)(=O)c1ccc(NC(C)(C)C2CC2)cc1. The average Bonchev–Trinajstić information content (AvgIpc) is 3.13. The van der Waals surface area contributed by atoms with E-state index in [9.17, 15) is 8.42 Å². The van der Waals surface area contributed by atoms with Gasteiger partial charge in [0.1, 0.15) is 0 Å². The number of anilines is 1. The summed E-state index contributed by atoms with van der Waals surface area (Å²) in [6.45, 7) is 6.28. The molecule has 0 bridgehead atoms. The van der Waals surface area contributed by atoms with Gasteiger partial charge in [-0.15, -0.1) is 0 Å². The second-order valence-corrected chi connectivity index (χ2v) is 8.07. The minimum Gasteiger partial charge on any atom is -0.380 e. The summed E-state index contributed by atoms with van der Waals surface area (Å²) in [4.78, 5) is 0.420. The molecule has 106 valence electrons. The van der Waals surface area contributed by atoms with Crippen LogP contribution in [0.3, 0.4) is 0 Å². The second-order valence-electron chi connectivity index (χ2n) is 5.96. The lowest BCUT2D eigenvalue weighted by Gasteiger charge is -2.27. The van der Waals surface area contributed by atoms with Crippen LogP contribution in [0.5, 0.6) is 0 Å². The molecule has 1 aromatic rings. The first-order chi connectivity index (χ1) is 8.85. The van der Waals surface area contributed by atoms with Crippen molar-refractivity contribution in [3.05, 3.63) is 24.3 Å². The standard InChI is InChI=1S/C15H23NO2S/c1-4-11-19(17,18)14-9-7-13(8-10-14)16-15(2,3)12-5-6-12/h7-10,12,16H,4-6,11H2,1-3H3. The molecule has 0 aromatic heterocycles. The Morgan fingerprint density at radius 1 is 1.21 bits per heavy atom. The molecule has 1 N–H and O–H groups in total. The summed E-state index contributed by atoms with van der Waals surface area (Å²) in [5, 5.41) is 3.50. The number of nitrogens with one attached hydrogen (secondary N) is 1. The number of hydrogen-bond acceptors (Lipinski definition) is 3. The third-order valence-electron chi connectivity index (χ3n) is 3.75. The zero-order chi connectivity index (χ0) is 14.1. The highest BCUT2D eigenvalue weighted by molar-refractivity contribution is 7.91. The molecule has 1 aliphatic rings. The summed E-state index contributed by atoms with van der Waals surface area (Å²) < 4.78 is 23.9. The molecular formula is C15H23NO2S. The van der Waals surface area contributed by atoms with Gasteiger partial charge in [-0.1, -0.05) is 6.92 Å². The summed E-state index contributed by atoms with van der Waals surface area (Å²) in [6.07, 6.45) is 3.21. The zero-order valence-corrected chi connectivity index (χ0v) is 12.8. The van der Waals surface area contributed by atoms with Crippen LogP contribution in [-0.4, -0.2) is 19.7 Å². The normalized spacial score (nSPS) is 16.4. The first kappa shape index (κ1) is 14.4. The monoisotopic (exact) mass is 281 g/mol. The van der Waals surface area contributed by atoms with E-state index in [1.54, 1.807) is 12.1 Å². The number of sulfone groups is 1. The predicted molar refractivity (Wildman–Crippen MR) is 79.2 cm³/mol. The minimum atomic E-state index is -3.10. The molecule has 3 nitrogen and oxygen atoms in total. The van der Waals surface area contributed by atoms with Crippen LogP contribution in [0.1, 0.15) is 40.0 Å². The van der Waals surface area contributed by atoms with E-state index in [0.29, 0.717) is 11.3 Å². The van der Waals surface area contributed by atoms with E-state index in [4.69, 9.17) is 0 Å². The Hall–Kier alpha value is -1.03. The quantitative estimate of drug-likeness (QED) is 0.868. The summed E-state index contributed by atoms with van der Waals surface area (Å²) >= 11 is 0. The van der Waals surface area contributed by atoms with E-state index in [1.165, 1.54) is 12.8 Å². The van der Waals surface area contributed by atoms with Crippen molar-refractivity contribution in [2.45, 2.75) is 50.5 Å². The van der Waals surface area contributed by atoms with Gasteiger partial charge in [-0.05, 0) is 63.3 Å². The fraction of sp³-hybridized carbons (Fsp3) is 0.600. The Kier molecular flexibility index (Phi) is 3.90. The van der Waals surface area contributed by atoms with Gasteiger partial charge in [0, 0.05) is 11.2 Å². The molecule has 0 unspecified atom stereocenters. The highest BCUT2D eigenvalue weighted by Gasteiger charge is 2.37. The lowest BCUT2D eigenvalue weighted by Crippen LogP contribution is -2.33. The van der Waals surface area contributed by atoms with Crippen molar-refractivity contribution < 1.29 is 8.42 Å². The van der Waals surface area contributed by atoms with Gasteiger partial charge < -0.3 is 5.32 Å². The number of benzene rings is 1. The predicted octanol–water partition coefficient (Wildman–Crippen LogP) is 3.47. The first-order valence-electron chi connectivity index (χ1n) is 6.96. The third-order valence-corrected chi connectivity index (χ3v) is 5.69. The summed E-state index contributed by atoms with van der Waals surface area (Å²) in [6, 6.07) is 7.14. The minimum absolute atomic E-state index is 0.0871. The van der Waals surface area contributed by atoms with Crippen molar-refractivity contribution in [2.24, 2.45) is 5.92 Å². The van der Waals surface area contributed by atoms with Crippen LogP contribution in [0, 0.1) is 5.92 Å². The Labute approximate surface area is 116 Å². The molecule has 0 spiro atoms. The maximum absolute atomic E-state index is 11.9. The van der Waals surface area contributed by atoms with Crippen molar-refractivity contribution in [1.29, 1.82) is 0 Å². The van der Waals surface area contributed by atoms with E-state index in [0.717, 1.165) is 11.6 Å². The largest absolute Gasteiger partial charge is 0.380 e. The van der Waals surface area contributed by atoms with E-state index in [1.807, 2.05) is 19.1 Å². The van der Waals surface area contributed by atoms with Crippen LogP contribution in [0.15, 0.2) is 29.2 Å². The molecule has 2 rings (SSSR count). The van der Waals surface area contributed by atoms with Gasteiger partial charge in [-0.2, -0.15) is 0 Å². The number of rotatable bonds is 6. The first-order valence-corrected chi connectivity index (χ1v) is 8.61. The van der Waals surface area contributed by atoms with E-state index in [2.05, 4.69) is 19.2 Å². The van der Waals surface area contributed by atoms with Crippen LogP contribution in [-0.2, 0) is 9.84 Å². The van der Waals surface area contributed by atoms with Gasteiger partial charge in [0.25, 0.3) is 0 Å². The van der Waals surface area contributed by atoms with Crippen molar-refractivity contribution in [1.82, 2.24) is 0 Å². The Morgan fingerprint density at radius 3 is 2.26 bits per heavy atom. The Bertz CT molecular complexity index is 528. The summed E-state index contributed by atoms with van der Waals surface area (Å²) in [5.74, 6) is 0.948. The molecule has 1 aromatic carbocycles. The van der Waals surface area contributed by atoms with Crippen molar-refractivity contribution in [3.8, 4) is 0 Å². The lowest BCUT2D eigenvalue weighted by molar-refractivity contribution is 0.494. The highest BCUT2D eigenvalue weighted by Crippen LogP contribution is 2.41. The van der Waals surface area contributed by atoms with Crippen molar-refractivity contribution >= 4 is 15.5 Å². The maximum atomic E-state index is 11.9. The highest BCUT2D eigenvalue weighted by atomic mass is 32.2. The second kappa shape index (κ2) is 5.16. The van der Waals surface area contributed by atoms with Crippen LogP contribution in [0.2, 0.25) is 0 Å². The van der Waals surface area contributed by atoms with Crippen molar-refractivity contribution in [3.63, 3.8) is 0 Å². The van der Waals surface area contributed by atoms with Gasteiger partial charge in [-0.25, -0.2) is 8.42 Å². The summed E-state index contributed by atoms with van der Waals surface area (Å²) in [7, 11) is -3.10. The van der Waals surface area contributed by atoms with Crippen LogP contribution in [0.25, 0.3) is 0 Å². The van der Waals surface area contributed by atoms with Gasteiger partial charge >= 0.3 is 0 Å². The molecular weight excluding hydrogens is 258 g/mol. The zero-order valence-electron chi connectivity index (χ0n) is 11.9. The average molecular weight is 281 g/mol. The van der Waals surface area contributed by atoms with Gasteiger partial charge in [0.2, 0.25) is 0 Å². The molecule has 4 heteroatoms. The van der Waals surface area contributed by atoms with Gasteiger partial charge in [0.15, 0.2) is 9.84 Å². The van der Waals surface area contributed by atoms with Gasteiger partial charge in [0.05, 0.1) is 10.6 Å². The Balaban J connectivity index is 2.10. The number of hydrogen-bond donors (Lipinski definition) is 1. The topological polar surface area (TPSA) is 46.2 Å². The molecule has 1 aliphatic carbocycles. The molecule has 0 heterocycles. The molecule has 1 saturated carbocycles. The molecule has 1 fully saturated rings. The summed E-state index contributed by atoms with van der Waals surface area (Å²) in [5.41, 5.74) is 1.08. The smallest absolute Gasteiger partial charge is 0.178 e. The van der Waals surface area contributed by atoms with E-state index < -0.39 is 9.84 Å². The van der Waals surface area contributed by atoms with Gasteiger partial charge in [-0.3, -0.25) is 0 Å². The van der Waals surface area contributed by atoms with E-state index in [-0.39, 0.29) is 11.3 Å². The third kappa shape index (κ3) is 3.50. The van der Waals surface area contributed by atoms with Crippen LogP contribution >= 0.6 is 0 Å². The van der Waals surface area contributed by atoms with E-state index >= 15 is 0 Å². The maximum Gasteiger partial charge on any atom is 0.178 e. The molecule has 0 aliphatic heterocycles. The molecule has 0 radical (unpaired) electrons. The molecule has 0 amide bonds. The molecule has 19 heavy (non-hydrogen) atoms. The fourth-order valence-corrected chi connectivity index (χ4v) is 3.74. The van der Waals surface area contributed by atoms with Crippen molar-refractivity contribution in [2.75, 3.05) is 11.1 Å². The van der Waals surface area contributed by atoms with Crippen LogP contribution < -0.4 is 5.32 Å². The molecule has 0 saturated heterocycles. The van der Waals surface area contributed by atoms with Crippen LogP contribution in [0.4, 0.5) is 5.69 Å². The molecule has 0 atom stereocenters. The fourth-order valence-electron chi connectivity index (χ4n) is 2.41.